The van der Waals surface area contributed by atoms with Crippen LogP contribution in [-0.2, 0) is 0 Å². The molecule has 0 aromatic heterocycles. The monoisotopic (exact) mass is 393 g/mol. The summed E-state index contributed by atoms with van der Waals surface area (Å²) in [6, 6.07) is 20.2. The van der Waals surface area contributed by atoms with Crippen LogP contribution in [0, 0.1) is 0 Å². The fourth-order valence-electron chi connectivity index (χ4n) is 3.10. The molecule has 6 nitrogen and oxygen atoms in total. The number of aliphatic hydroxyl groups excluding tert-OH is 1. The Kier molecular flexibility index (Phi) is 6.36. The van der Waals surface area contributed by atoms with E-state index in [2.05, 4.69) is 5.32 Å². The summed E-state index contributed by atoms with van der Waals surface area (Å²) in [5, 5.41) is 32.6. The highest BCUT2D eigenvalue weighted by Crippen LogP contribution is 2.32. The normalized spacial score (nSPS) is 12.8. The van der Waals surface area contributed by atoms with E-state index in [1.165, 1.54) is 24.3 Å². The van der Waals surface area contributed by atoms with E-state index in [-0.39, 0.29) is 17.4 Å². The number of phenolic OH excluding ortho intramolecular Hbond substituents is 1. The third-order valence-electron chi connectivity index (χ3n) is 4.71. The lowest BCUT2D eigenvalue weighted by atomic mass is 9.96. The van der Waals surface area contributed by atoms with E-state index in [0.29, 0.717) is 17.7 Å². The molecule has 0 aliphatic heterocycles. The molecular weight excluding hydrogens is 370 g/mol. The molecule has 0 saturated heterocycles. The van der Waals surface area contributed by atoms with Crippen molar-refractivity contribution in [3.8, 4) is 11.5 Å². The van der Waals surface area contributed by atoms with E-state index in [4.69, 9.17) is 9.84 Å². The van der Waals surface area contributed by atoms with Crippen LogP contribution >= 0.6 is 0 Å². The summed E-state index contributed by atoms with van der Waals surface area (Å²) in [6.07, 6.45) is -0.406. The summed E-state index contributed by atoms with van der Waals surface area (Å²) < 4.78 is 5.32. The molecule has 0 aliphatic rings. The van der Waals surface area contributed by atoms with Crippen molar-refractivity contribution in [1.29, 1.82) is 0 Å². The standard InChI is InChI=1S/C23H23NO5/c1-29-20-4-2-3-17(13-20)21(14-22(26)15-7-11-19(25)12-8-15)24-18-9-5-16(6-10-18)23(27)28/h2-13,21-22,24-26H,14H2,1H3,(H,27,28). The first-order valence-corrected chi connectivity index (χ1v) is 9.17. The number of rotatable bonds is 8. The Bertz CT molecular complexity index is 954. The number of phenols is 1. The highest BCUT2D eigenvalue weighted by Gasteiger charge is 2.19. The number of hydrogen-bond acceptors (Lipinski definition) is 5. The molecule has 2 unspecified atom stereocenters. The summed E-state index contributed by atoms with van der Waals surface area (Å²) in [5.41, 5.74) is 2.56. The van der Waals surface area contributed by atoms with Crippen LogP contribution in [0.25, 0.3) is 0 Å². The number of ether oxygens (including phenoxy) is 1. The third kappa shape index (κ3) is 5.27. The largest absolute Gasteiger partial charge is 0.508 e. The molecule has 3 rings (SSSR count). The van der Waals surface area contributed by atoms with E-state index < -0.39 is 12.1 Å². The van der Waals surface area contributed by atoms with Gasteiger partial charge in [0.2, 0.25) is 0 Å². The van der Waals surface area contributed by atoms with Gasteiger partial charge in [-0.1, -0.05) is 24.3 Å². The molecular formula is C23H23NO5. The molecule has 3 aromatic rings. The smallest absolute Gasteiger partial charge is 0.335 e. The molecule has 6 heteroatoms. The van der Waals surface area contributed by atoms with Gasteiger partial charge in [-0.25, -0.2) is 4.79 Å². The predicted molar refractivity (Wildman–Crippen MR) is 110 cm³/mol. The topological polar surface area (TPSA) is 99.0 Å². The second-order valence-corrected chi connectivity index (χ2v) is 6.70. The molecule has 0 aliphatic carbocycles. The van der Waals surface area contributed by atoms with Crippen molar-refractivity contribution < 1.29 is 24.9 Å². The van der Waals surface area contributed by atoms with Gasteiger partial charge in [-0.15, -0.1) is 0 Å². The summed E-state index contributed by atoms with van der Waals surface area (Å²) in [5.74, 6) is -0.139. The number of benzene rings is 3. The Morgan fingerprint density at radius 3 is 2.31 bits per heavy atom. The lowest BCUT2D eigenvalue weighted by molar-refractivity contribution is 0.0697. The number of carboxylic acid groups (broad SMARTS) is 1. The van der Waals surface area contributed by atoms with Gasteiger partial charge in [-0.3, -0.25) is 0 Å². The average Bonchev–Trinajstić information content (AvgIpc) is 2.74. The van der Waals surface area contributed by atoms with Crippen LogP contribution in [-0.4, -0.2) is 28.4 Å². The van der Waals surface area contributed by atoms with Crippen LogP contribution in [0.2, 0.25) is 0 Å². The van der Waals surface area contributed by atoms with Crippen LogP contribution in [0.15, 0.2) is 72.8 Å². The fourth-order valence-corrected chi connectivity index (χ4v) is 3.10. The number of aromatic hydroxyl groups is 1. The SMILES string of the molecule is COc1cccc(C(CC(O)c2ccc(O)cc2)Nc2ccc(C(=O)O)cc2)c1. The van der Waals surface area contributed by atoms with Gasteiger partial charge >= 0.3 is 5.97 Å². The number of carbonyl (C=O) groups is 1. The van der Waals surface area contributed by atoms with Gasteiger partial charge in [0.05, 0.1) is 24.8 Å². The zero-order valence-corrected chi connectivity index (χ0v) is 15.9. The number of aromatic carboxylic acids is 1. The van der Waals surface area contributed by atoms with E-state index in [0.717, 1.165) is 11.3 Å². The number of methoxy groups -OCH3 is 1. The minimum atomic E-state index is -0.983. The minimum absolute atomic E-state index is 0.141. The second-order valence-electron chi connectivity index (χ2n) is 6.70. The number of hydrogen-bond donors (Lipinski definition) is 4. The zero-order chi connectivity index (χ0) is 20.8. The first-order chi connectivity index (χ1) is 14.0. The highest BCUT2D eigenvalue weighted by molar-refractivity contribution is 5.88. The average molecular weight is 393 g/mol. The van der Waals surface area contributed by atoms with E-state index in [1.54, 1.807) is 31.4 Å². The van der Waals surface area contributed by atoms with Crippen molar-refractivity contribution in [3.63, 3.8) is 0 Å². The Labute approximate surface area is 169 Å². The summed E-state index contributed by atoms with van der Waals surface area (Å²) >= 11 is 0. The van der Waals surface area contributed by atoms with Crippen LogP contribution in [0.1, 0.15) is 40.1 Å². The predicted octanol–water partition coefficient (Wildman–Crippen LogP) is 4.38. The van der Waals surface area contributed by atoms with Gasteiger partial charge in [-0.05, 0) is 59.7 Å². The third-order valence-corrected chi connectivity index (χ3v) is 4.71. The van der Waals surface area contributed by atoms with Crippen molar-refractivity contribution in [2.75, 3.05) is 12.4 Å². The summed E-state index contributed by atoms with van der Waals surface area (Å²) in [6.45, 7) is 0. The molecule has 3 aromatic carbocycles. The maximum Gasteiger partial charge on any atom is 0.335 e. The number of nitrogens with one attached hydrogen (secondary N) is 1. The molecule has 4 N–H and O–H groups in total. The molecule has 0 bridgehead atoms. The summed E-state index contributed by atoms with van der Waals surface area (Å²) in [4.78, 5) is 11.1. The number of anilines is 1. The molecule has 0 saturated carbocycles. The summed E-state index contributed by atoms with van der Waals surface area (Å²) in [7, 11) is 1.59. The molecule has 2 atom stereocenters. The molecule has 0 fully saturated rings. The van der Waals surface area contributed by atoms with Gasteiger partial charge in [0, 0.05) is 12.1 Å². The highest BCUT2D eigenvalue weighted by atomic mass is 16.5. The molecule has 150 valence electrons. The maximum atomic E-state index is 11.1. The van der Waals surface area contributed by atoms with Crippen molar-refractivity contribution >= 4 is 11.7 Å². The molecule has 0 amide bonds. The quantitative estimate of drug-likeness (QED) is 0.453. The Morgan fingerprint density at radius 1 is 1.00 bits per heavy atom. The van der Waals surface area contributed by atoms with E-state index >= 15 is 0 Å². The lowest BCUT2D eigenvalue weighted by Crippen LogP contribution is -2.15. The lowest BCUT2D eigenvalue weighted by Gasteiger charge is -2.24. The zero-order valence-electron chi connectivity index (χ0n) is 15.9. The molecule has 0 spiro atoms. The van der Waals surface area contributed by atoms with Gasteiger partial charge in [0.15, 0.2) is 0 Å². The van der Waals surface area contributed by atoms with Gasteiger partial charge in [0.1, 0.15) is 11.5 Å². The van der Waals surface area contributed by atoms with Crippen LogP contribution < -0.4 is 10.1 Å². The fraction of sp³-hybridized carbons (Fsp3) is 0.174. The minimum Gasteiger partial charge on any atom is -0.508 e. The van der Waals surface area contributed by atoms with Crippen molar-refractivity contribution in [3.05, 3.63) is 89.5 Å². The van der Waals surface area contributed by atoms with Gasteiger partial charge in [0.25, 0.3) is 0 Å². The Balaban J connectivity index is 1.86. The number of aliphatic hydroxyl groups is 1. The first kappa shape index (κ1) is 20.2. The van der Waals surface area contributed by atoms with Crippen molar-refractivity contribution in [2.45, 2.75) is 18.6 Å². The van der Waals surface area contributed by atoms with Gasteiger partial charge < -0.3 is 25.4 Å². The molecule has 0 radical (unpaired) electrons. The van der Waals surface area contributed by atoms with Crippen LogP contribution in [0.3, 0.4) is 0 Å². The van der Waals surface area contributed by atoms with Crippen LogP contribution in [0.5, 0.6) is 11.5 Å². The second kappa shape index (κ2) is 9.12. The molecule has 29 heavy (non-hydrogen) atoms. The first-order valence-electron chi connectivity index (χ1n) is 9.17. The Morgan fingerprint density at radius 2 is 1.69 bits per heavy atom. The van der Waals surface area contributed by atoms with Crippen molar-refractivity contribution in [2.24, 2.45) is 0 Å². The Hall–Kier alpha value is -3.51. The van der Waals surface area contributed by atoms with E-state index in [9.17, 15) is 15.0 Å². The van der Waals surface area contributed by atoms with E-state index in [1.807, 2.05) is 24.3 Å². The van der Waals surface area contributed by atoms with Crippen LogP contribution in [0.4, 0.5) is 5.69 Å². The number of carboxylic acids is 1. The maximum absolute atomic E-state index is 11.1. The van der Waals surface area contributed by atoms with Crippen molar-refractivity contribution in [1.82, 2.24) is 0 Å². The molecule has 0 heterocycles. The van der Waals surface area contributed by atoms with Gasteiger partial charge in [-0.2, -0.15) is 0 Å².